The summed E-state index contributed by atoms with van der Waals surface area (Å²) in [7, 11) is 0. The molecule has 0 fully saturated rings. The van der Waals surface area contributed by atoms with E-state index >= 15 is 0 Å². The van der Waals surface area contributed by atoms with Crippen molar-refractivity contribution < 1.29 is 14.6 Å². The van der Waals surface area contributed by atoms with Crippen LogP contribution in [0.3, 0.4) is 0 Å². The number of hydrogen-bond acceptors (Lipinski definition) is 2. The Balaban J connectivity index is 1.73. The first-order chi connectivity index (χ1) is 14.1. The van der Waals surface area contributed by atoms with E-state index in [4.69, 9.17) is 9.84 Å². The van der Waals surface area contributed by atoms with Crippen LogP contribution >= 0.6 is 0 Å². The number of aliphatic carboxylic acids is 1. The Hall–Kier alpha value is -2.73. The predicted octanol–water partition coefficient (Wildman–Crippen LogP) is 6.20. The first-order valence-corrected chi connectivity index (χ1v) is 10.6. The van der Waals surface area contributed by atoms with Crippen molar-refractivity contribution >= 4 is 5.97 Å². The zero-order valence-electron chi connectivity index (χ0n) is 18.7. The monoisotopic (exact) mass is 404 g/mol. The molecule has 1 N–H and O–H groups in total. The van der Waals surface area contributed by atoms with Crippen LogP contribution in [0.15, 0.2) is 42.5 Å². The minimum atomic E-state index is -0.846. The van der Waals surface area contributed by atoms with E-state index in [2.05, 4.69) is 57.7 Å². The number of rotatable bonds is 6. The number of carboxylic acids is 1. The van der Waals surface area contributed by atoms with Crippen LogP contribution in [0.2, 0.25) is 0 Å². The predicted molar refractivity (Wildman–Crippen MR) is 121 cm³/mol. The normalized spacial score (nSPS) is 17.2. The Bertz CT molecular complexity index is 971. The second kappa shape index (κ2) is 8.56. The summed E-state index contributed by atoms with van der Waals surface area (Å²) >= 11 is 0. The molecule has 3 rings (SSSR count). The van der Waals surface area contributed by atoms with E-state index in [-0.39, 0.29) is 23.2 Å². The van der Waals surface area contributed by atoms with Crippen molar-refractivity contribution in [1.82, 2.24) is 0 Å². The summed E-state index contributed by atoms with van der Waals surface area (Å²) in [6, 6.07) is 14.4. The molecule has 0 aromatic heterocycles. The van der Waals surface area contributed by atoms with Crippen LogP contribution in [0.25, 0.3) is 0 Å². The van der Waals surface area contributed by atoms with Gasteiger partial charge in [-0.05, 0) is 65.0 Å². The van der Waals surface area contributed by atoms with Crippen molar-refractivity contribution in [3.05, 3.63) is 64.7 Å². The van der Waals surface area contributed by atoms with Crippen molar-refractivity contribution in [2.24, 2.45) is 0 Å². The van der Waals surface area contributed by atoms with Crippen molar-refractivity contribution in [3.63, 3.8) is 0 Å². The summed E-state index contributed by atoms with van der Waals surface area (Å²) in [6.45, 7) is 11.6. The lowest BCUT2D eigenvalue weighted by Gasteiger charge is -2.42. The number of carbonyl (C=O) groups is 1. The maximum Gasteiger partial charge on any atom is 0.304 e. The molecule has 0 unspecified atom stereocenters. The van der Waals surface area contributed by atoms with Crippen LogP contribution in [0.5, 0.6) is 5.75 Å². The molecule has 3 heteroatoms. The molecule has 0 radical (unpaired) electrons. The molecule has 0 saturated carbocycles. The van der Waals surface area contributed by atoms with E-state index in [0.29, 0.717) is 6.61 Å². The van der Waals surface area contributed by atoms with Crippen LogP contribution in [-0.4, -0.2) is 11.1 Å². The number of fused-ring (bicyclic) bond motifs is 1. The molecule has 3 nitrogen and oxygen atoms in total. The van der Waals surface area contributed by atoms with Gasteiger partial charge in [0.2, 0.25) is 0 Å². The van der Waals surface area contributed by atoms with E-state index in [1.54, 1.807) is 6.92 Å². The highest BCUT2D eigenvalue weighted by Gasteiger charge is 2.36. The van der Waals surface area contributed by atoms with Crippen LogP contribution in [0, 0.1) is 11.8 Å². The molecule has 1 aliphatic rings. The molecule has 0 aliphatic heterocycles. The second-order valence-corrected chi connectivity index (χ2v) is 9.55. The van der Waals surface area contributed by atoms with Gasteiger partial charge >= 0.3 is 5.97 Å². The van der Waals surface area contributed by atoms with Gasteiger partial charge in [0.15, 0.2) is 0 Å². The molecule has 0 amide bonds. The molecule has 1 aliphatic carbocycles. The van der Waals surface area contributed by atoms with Crippen LogP contribution in [-0.2, 0) is 22.2 Å². The first kappa shape index (κ1) is 22.0. The molecule has 1 atom stereocenters. The number of hydrogen-bond donors (Lipinski definition) is 1. The lowest BCUT2D eigenvalue weighted by molar-refractivity contribution is -0.137. The van der Waals surface area contributed by atoms with Crippen LogP contribution < -0.4 is 4.74 Å². The van der Waals surface area contributed by atoms with Crippen molar-refractivity contribution in [2.75, 3.05) is 0 Å². The zero-order valence-corrected chi connectivity index (χ0v) is 18.7. The largest absolute Gasteiger partial charge is 0.489 e. The molecule has 0 saturated heterocycles. The molecule has 0 bridgehead atoms. The van der Waals surface area contributed by atoms with Gasteiger partial charge in [-0.1, -0.05) is 63.9 Å². The van der Waals surface area contributed by atoms with E-state index in [0.717, 1.165) is 11.3 Å². The van der Waals surface area contributed by atoms with Crippen molar-refractivity contribution in [2.45, 2.75) is 77.2 Å². The average Bonchev–Trinajstić information content (AvgIpc) is 2.70. The fourth-order valence-corrected chi connectivity index (χ4v) is 4.29. The van der Waals surface area contributed by atoms with Gasteiger partial charge in [0.1, 0.15) is 12.4 Å². The van der Waals surface area contributed by atoms with E-state index in [1.165, 1.54) is 29.5 Å². The third kappa shape index (κ3) is 4.87. The van der Waals surface area contributed by atoms with Gasteiger partial charge in [0, 0.05) is 0 Å². The highest BCUT2D eigenvalue weighted by molar-refractivity contribution is 5.69. The topological polar surface area (TPSA) is 46.5 Å². The quantitative estimate of drug-likeness (QED) is 0.583. The van der Waals surface area contributed by atoms with Crippen LogP contribution in [0.1, 0.15) is 82.1 Å². The molecule has 158 valence electrons. The van der Waals surface area contributed by atoms with Gasteiger partial charge in [-0.2, -0.15) is 0 Å². The Kier molecular flexibility index (Phi) is 6.27. The minimum Gasteiger partial charge on any atom is -0.489 e. The van der Waals surface area contributed by atoms with Crippen molar-refractivity contribution in [1.29, 1.82) is 0 Å². The zero-order chi connectivity index (χ0) is 21.9. The number of carboxylic acid groups (broad SMARTS) is 1. The highest BCUT2D eigenvalue weighted by atomic mass is 16.5. The maximum absolute atomic E-state index is 11.1. The van der Waals surface area contributed by atoms with Crippen LogP contribution in [0.4, 0.5) is 0 Å². The van der Waals surface area contributed by atoms with Gasteiger partial charge in [-0.15, -0.1) is 5.92 Å². The van der Waals surface area contributed by atoms with Gasteiger partial charge in [-0.25, -0.2) is 0 Å². The summed E-state index contributed by atoms with van der Waals surface area (Å²) in [6.07, 6.45) is 2.40. The van der Waals surface area contributed by atoms with Gasteiger partial charge in [-0.3, -0.25) is 4.79 Å². The standard InChI is InChI=1S/C27H32O3/c1-6-7-21(17-25(28)29)20-9-11-22(12-10-20)30-18-19-8-13-23-24(16-19)27(4,5)15-14-26(23,2)3/h8-13,16,21H,14-15,17-18H2,1-5H3,(H,28,29)/t21-/m0/s1. The molecule has 0 heterocycles. The Morgan fingerprint density at radius 2 is 1.67 bits per heavy atom. The third-order valence-corrected chi connectivity index (χ3v) is 6.30. The molecule has 2 aromatic carbocycles. The first-order valence-electron chi connectivity index (χ1n) is 10.6. The van der Waals surface area contributed by atoms with E-state index < -0.39 is 5.97 Å². The van der Waals surface area contributed by atoms with Gasteiger partial charge in [0.05, 0.1) is 12.3 Å². The summed E-state index contributed by atoms with van der Waals surface area (Å²) in [5.74, 6) is 5.43. The molecule has 0 spiro atoms. The number of ether oxygens (including phenoxy) is 1. The smallest absolute Gasteiger partial charge is 0.304 e. The fourth-order valence-electron chi connectivity index (χ4n) is 4.29. The average molecular weight is 405 g/mol. The molecule has 2 aromatic rings. The Labute approximate surface area is 180 Å². The molecule has 30 heavy (non-hydrogen) atoms. The fraction of sp³-hybridized carbons (Fsp3) is 0.444. The highest BCUT2D eigenvalue weighted by Crippen LogP contribution is 2.45. The summed E-state index contributed by atoms with van der Waals surface area (Å²) < 4.78 is 6.03. The summed E-state index contributed by atoms with van der Waals surface area (Å²) in [5.41, 5.74) is 5.36. The summed E-state index contributed by atoms with van der Waals surface area (Å²) in [4.78, 5) is 11.1. The second-order valence-electron chi connectivity index (χ2n) is 9.55. The van der Waals surface area contributed by atoms with Crippen molar-refractivity contribution in [3.8, 4) is 17.6 Å². The summed E-state index contributed by atoms with van der Waals surface area (Å²) in [5, 5.41) is 9.10. The Morgan fingerprint density at radius 1 is 1.03 bits per heavy atom. The lowest BCUT2D eigenvalue weighted by atomic mass is 9.63. The van der Waals surface area contributed by atoms with Gasteiger partial charge < -0.3 is 9.84 Å². The molecular weight excluding hydrogens is 372 g/mol. The number of benzene rings is 2. The Morgan fingerprint density at radius 3 is 2.27 bits per heavy atom. The van der Waals surface area contributed by atoms with E-state index in [1.807, 2.05) is 24.3 Å². The SMILES string of the molecule is CC#C[C@@H](CC(=O)O)c1ccc(OCc2ccc3c(c2)C(C)(C)CCC3(C)C)cc1. The third-order valence-electron chi connectivity index (χ3n) is 6.30. The van der Waals surface area contributed by atoms with E-state index in [9.17, 15) is 4.79 Å². The maximum atomic E-state index is 11.1. The minimum absolute atomic E-state index is 0.00228. The lowest BCUT2D eigenvalue weighted by Crippen LogP contribution is -2.33. The molecular formula is C27H32O3. The van der Waals surface area contributed by atoms with Gasteiger partial charge in [0.25, 0.3) is 0 Å².